The summed E-state index contributed by atoms with van der Waals surface area (Å²) in [5.41, 5.74) is 6.28. The maximum absolute atomic E-state index is 4.37. The highest BCUT2D eigenvalue weighted by molar-refractivity contribution is 5.76. The third-order valence-electron chi connectivity index (χ3n) is 4.61. The Morgan fingerprint density at radius 1 is 0.917 bits per heavy atom. The van der Waals surface area contributed by atoms with E-state index in [0.717, 1.165) is 0 Å². The molecule has 0 fully saturated rings. The molecule has 0 saturated heterocycles. The first-order chi connectivity index (χ1) is 11.3. The minimum Gasteiger partial charge on any atom is -1.00 e. The molecule has 2 aromatic carbocycles. The number of quaternary nitrogens is 1. The maximum Gasteiger partial charge on any atom is 0.174 e. The molecular weight excluding hydrogens is 409 g/mol. The molecule has 0 aliphatic carbocycles. The zero-order valence-electron chi connectivity index (χ0n) is 13.8. The van der Waals surface area contributed by atoms with Crippen molar-refractivity contribution < 1.29 is 28.9 Å². The van der Waals surface area contributed by atoms with Gasteiger partial charge >= 0.3 is 0 Å². The average molecular weight is 429 g/mol. The van der Waals surface area contributed by atoms with Crippen molar-refractivity contribution in [2.24, 2.45) is 0 Å². The molecular formula is C20H20IN3. The molecule has 0 saturated carbocycles. The van der Waals surface area contributed by atoms with Gasteiger partial charge in [0.2, 0.25) is 0 Å². The number of rotatable bonds is 2. The van der Waals surface area contributed by atoms with Gasteiger partial charge in [-0.2, -0.15) is 0 Å². The van der Waals surface area contributed by atoms with Crippen LogP contribution in [0.15, 0.2) is 73.1 Å². The van der Waals surface area contributed by atoms with E-state index in [9.17, 15) is 0 Å². The standard InChI is InChI=1S/C20H19N3.HI/c1-15-8-6-7-11-18(15)23-16(2)22(17-9-4-3-5-10-17)19-12-13-21-14-20(19)23;/h3-14,16H,1-2H3;1H/t16-;/m0./s1. The molecule has 4 heteroatoms. The zero-order chi connectivity index (χ0) is 15.8. The average Bonchev–Trinajstić information content (AvgIpc) is 2.88. The van der Waals surface area contributed by atoms with E-state index in [1.807, 2.05) is 12.4 Å². The van der Waals surface area contributed by atoms with Gasteiger partial charge in [-0.05, 0) is 30.7 Å². The smallest absolute Gasteiger partial charge is 0.174 e. The molecule has 2 heterocycles. The van der Waals surface area contributed by atoms with Crippen LogP contribution in [0, 0.1) is 6.92 Å². The summed E-state index contributed by atoms with van der Waals surface area (Å²) in [6, 6.07) is 21.3. The lowest BCUT2D eigenvalue weighted by atomic mass is 10.1. The first kappa shape index (κ1) is 16.9. The molecule has 0 bridgehead atoms. The summed E-state index contributed by atoms with van der Waals surface area (Å²) in [7, 11) is 0. The SMILES string of the molecule is Cc1ccccc1N1c2cnccc2[NH+](c2ccccc2)[C@@H]1C.[I-]. The van der Waals surface area contributed by atoms with Gasteiger partial charge < -0.3 is 24.0 Å². The Morgan fingerprint density at radius 3 is 2.38 bits per heavy atom. The number of hydrogen-bond acceptors (Lipinski definition) is 2. The molecule has 1 aromatic heterocycles. The maximum atomic E-state index is 4.37. The van der Waals surface area contributed by atoms with Crippen molar-refractivity contribution in [3.63, 3.8) is 0 Å². The first-order valence-electron chi connectivity index (χ1n) is 7.99. The Labute approximate surface area is 160 Å². The summed E-state index contributed by atoms with van der Waals surface area (Å²) in [5.74, 6) is 0. The van der Waals surface area contributed by atoms with Crippen LogP contribution >= 0.6 is 0 Å². The van der Waals surface area contributed by atoms with Crippen molar-refractivity contribution in [1.29, 1.82) is 0 Å². The lowest BCUT2D eigenvalue weighted by Crippen LogP contribution is -3.06. The van der Waals surface area contributed by atoms with E-state index in [-0.39, 0.29) is 30.1 Å². The predicted octanol–water partition coefficient (Wildman–Crippen LogP) is 0.740. The molecule has 1 aliphatic rings. The molecule has 4 rings (SSSR count). The summed E-state index contributed by atoms with van der Waals surface area (Å²) >= 11 is 0. The summed E-state index contributed by atoms with van der Waals surface area (Å²) in [4.78, 5) is 8.14. The molecule has 1 aliphatic heterocycles. The lowest BCUT2D eigenvalue weighted by Gasteiger charge is -2.26. The van der Waals surface area contributed by atoms with E-state index in [0.29, 0.717) is 0 Å². The number of para-hydroxylation sites is 2. The number of hydrogen-bond donors (Lipinski definition) is 1. The van der Waals surface area contributed by atoms with Crippen LogP contribution in [0.3, 0.4) is 0 Å². The van der Waals surface area contributed by atoms with Gasteiger partial charge in [0.05, 0.1) is 6.20 Å². The second kappa shape index (κ2) is 6.91. The minimum absolute atomic E-state index is 0. The zero-order valence-corrected chi connectivity index (χ0v) is 15.9. The fourth-order valence-electron chi connectivity index (χ4n) is 3.56. The monoisotopic (exact) mass is 429 g/mol. The van der Waals surface area contributed by atoms with Crippen molar-refractivity contribution >= 4 is 22.7 Å². The molecule has 0 radical (unpaired) electrons. The van der Waals surface area contributed by atoms with Gasteiger partial charge in [-0.3, -0.25) is 9.88 Å². The fraction of sp³-hybridized carbons (Fsp3) is 0.150. The van der Waals surface area contributed by atoms with Crippen LogP contribution < -0.4 is 33.8 Å². The summed E-state index contributed by atoms with van der Waals surface area (Å²) in [5, 5.41) is 0. The van der Waals surface area contributed by atoms with E-state index in [2.05, 4.69) is 84.4 Å². The van der Waals surface area contributed by atoms with Gasteiger partial charge in [-0.15, -0.1) is 0 Å². The van der Waals surface area contributed by atoms with Crippen molar-refractivity contribution in [2.45, 2.75) is 20.0 Å². The van der Waals surface area contributed by atoms with E-state index in [1.54, 1.807) is 0 Å². The largest absolute Gasteiger partial charge is 1.00 e. The number of anilines is 2. The highest BCUT2D eigenvalue weighted by atomic mass is 127. The molecule has 2 atom stereocenters. The normalized spacial score (nSPS) is 18.8. The Morgan fingerprint density at radius 2 is 1.62 bits per heavy atom. The molecule has 0 spiro atoms. The Bertz CT molecular complexity index is 835. The summed E-state index contributed by atoms with van der Waals surface area (Å²) in [6.45, 7) is 4.44. The number of fused-ring (bicyclic) bond motifs is 1. The number of halogens is 1. The Kier molecular flexibility index (Phi) is 4.87. The van der Waals surface area contributed by atoms with Crippen LogP contribution in [0.5, 0.6) is 0 Å². The molecule has 1 N–H and O–H groups in total. The topological polar surface area (TPSA) is 20.6 Å². The molecule has 122 valence electrons. The van der Waals surface area contributed by atoms with Crippen LogP contribution in [0.25, 0.3) is 0 Å². The second-order valence-electron chi connectivity index (χ2n) is 6.00. The predicted molar refractivity (Wildman–Crippen MR) is 93.7 cm³/mol. The van der Waals surface area contributed by atoms with Crippen molar-refractivity contribution in [1.82, 2.24) is 4.98 Å². The van der Waals surface area contributed by atoms with Crippen LogP contribution in [0.1, 0.15) is 12.5 Å². The first-order valence-corrected chi connectivity index (χ1v) is 7.99. The molecule has 0 amide bonds. The van der Waals surface area contributed by atoms with Gasteiger partial charge in [0, 0.05) is 24.9 Å². The van der Waals surface area contributed by atoms with Gasteiger partial charge in [-0.1, -0.05) is 36.4 Å². The molecule has 3 nitrogen and oxygen atoms in total. The quantitative estimate of drug-likeness (QED) is 0.607. The van der Waals surface area contributed by atoms with Gasteiger partial charge in [0.25, 0.3) is 0 Å². The van der Waals surface area contributed by atoms with Crippen LogP contribution in [-0.2, 0) is 0 Å². The molecule has 1 unspecified atom stereocenters. The number of aromatic nitrogens is 1. The molecule has 24 heavy (non-hydrogen) atoms. The number of pyridine rings is 1. The van der Waals surface area contributed by atoms with Crippen molar-refractivity contribution in [2.75, 3.05) is 4.90 Å². The fourth-order valence-corrected chi connectivity index (χ4v) is 3.56. The van der Waals surface area contributed by atoms with Crippen molar-refractivity contribution in [3.05, 3.63) is 78.6 Å². The summed E-state index contributed by atoms with van der Waals surface area (Å²) in [6.07, 6.45) is 4.14. The van der Waals surface area contributed by atoms with E-state index < -0.39 is 0 Å². The Hall–Kier alpha value is -1.92. The second-order valence-corrected chi connectivity index (χ2v) is 6.00. The number of benzene rings is 2. The number of nitrogens with one attached hydrogen (secondary N) is 1. The minimum atomic E-state index is 0. The van der Waals surface area contributed by atoms with E-state index in [4.69, 9.17) is 0 Å². The van der Waals surface area contributed by atoms with Gasteiger partial charge in [-0.25, -0.2) is 4.90 Å². The van der Waals surface area contributed by atoms with Gasteiger partial charge in [0.15, 0.2) is 11.9 Å². The highest BCUT2D eigenvalue weighted by Crippen LogP contribution is 2.37. The van der Waals surface area contributed by atoms with E-state index in [1.165, 1.54) is 33.2 Å². The summed E-state index contributed by atoms with van der Waals surface area (Å²) < 4.78 is 0. The van der Waals surface area contributed by atoms with Crippen LogP contribution in [0.2, 0.25) is 0 Å². The highest BCUT2D eigenvalue weighted by Gasteiger charge is 2.40. The number of aryl methyl sites for hydroxylation is 1. The van der Waals surface area contributed by atoms with E-state index >= 15 is 0 Å². The van der Waals surface area contributed by atoms with Crippen molar-refractivity contribution in [3.8, 4) is 0 Å². The number of nitrogens with zero attached hydrogens (tertiary/aromatic N) is 2. The third-order valence-corrected chi connectivity index (χ3v) is 4.61. The lowest BCUT2D eigenvalue weighted by molar-refractivity contribution is -0.780. The van der Waals surface area contributed by atoms with Gasteiger partial charge in [0.1, 0.15) is 11.4 Å². The third kappa shape index (κ3) is 2.70. The van der Waals surface area contributed by atoms with Crippen LogP contribution in [0.4, 0.5) is 22.7 Å². The van der Waals surface area contributed by atoms with Crippen LogP contribution in [-0.4, -0.2) is 11.1 Å². The Balaban J connectivity index is 0.00000169. The molecule has 3 aromatic rings.